The van der Waals surface area contributed by atoms with Crippen molar-refractivity contribution in [1.82, 2.24) is 5.43 Å². The molecule has 0 bridgehead atoms. The summed E-state index contributed by atoms with van der Waals surface area (Å²) in [7, 11) is 0. The fourth-order valence-corrected chi connectivity index (χ4v) is 3.01. The van der Waals surface area contributed by atoms with Crippen LogP contribution in [0.2, 0.25) is 0 Å². The van der Waals surface area contributed by atoms with Gasteiger partial charge in [0.1, 0.15) is 11.3 Å². The molecule has 0 aliphatic heterocycles. The molecule has 0 unspecified atom stereocenters. The number of nitrogens with zero attached hydrogens (tertiary/aromatic N) is 1. The highest BCUT2D eigenvalue weighted by atomic mass is 79.9. The van der Waals surface area contributed by atoms with Crippen LogP contribution in [0.5, 0.6) is 5.75 Å². The number of nitrogens with one attached hydrogen (secondary N) is 1. The van der Waals surface area contributed by atoms with Gasteiger partial charge in [-0.2, -0.15) is 5.10 Å². The first-order chi connectivity index (χ1) is 12.1. The van der Waals surface area contributed by atoms with Crippen LogP contribution in [0, 0.1) is 0 Å². The molecule has 7 heteroatoms. The van der Waals surface area contributed by atoms with Gasteiger partial charge < -0.3 is 9.15 Å². The van der Waals surface area contributed by atoms with E-state index in [-0.39, 0.29) is 5.76 Å². The molecule has 0 atom stereocenters. The van der Waals surface area contributed by atoms with E-state index in [4.69, 9.17) is 9.15 Å². The smallest absolute Gasteiger partial charge is 0.307 e. The fraction of sp³-hybridized carbons (Fsp3) is 0.111. The van der Waals surface area contributed by atoms with Gasteiger partial charge in [-0.3, -0.25) is 4.79 Å². The predicted molar refractivity (Wildman–Crippen MR) is 104 cm³/mol. The van der Waals surface area contributed by atoms with E-state index in [0.29, 0.717) is 17.9 Å². The zero-order valence-electron chi connectivity index (χ0n) is 13.3. The summed E-state index contributed by atoms with van der Waals surface area (Å²) in [6, 6.07) is 12.8. The zero-order chi connectivity index (χ0) is 17.8. The Bertz CT molecular complexity index is 951. The lowest BCUT2D eigenvalue weighted by Gasteiger charge is -2.06. The van der Waals surface area contributed by atoms with Gasteiger partial charge in [-0.15, -0.1) is 0 Å². The average Bonchev–Trinajstić information content (AvgIpc) is 3.00. The second-order valence-electron chi connectivity index (χ2n) is 5.11. The van der Waals surface area contributed by atoms with Crippen LogP contribution in [0.25, 0.3) is 11.0 Å². The van der Waals surface area contributed by atoms with Gasteiger partial charge in [0.05, 0.1) is 12.8 Å². The van der Waals surface area contributed by atoms with Crippen molar-refractivity contribution in [3.8, 4) is 5.75 Å². The van der Waals surface area contributed by atoms with E-state index in [1.165, 1.54) is 6.21 Å². The number of fused-ring (bicyclic) bond motifs is 1. The van der Waals surface area contributed by atoms with Gasteiger partial charge in [0.15, 0.2) is 5.76 Å². The first-order valence-corrected chi connectivity index (χ1v) is 9.10. The van der Waals surface area contributed by atoms with Gasteiger partial charge in [0.2, 0.25) is 0 Å². The van der Waals surface area contributed by atoms with Crippen molar-refractivity contribution < 1.29 is 13.9 Å². The molecule has 1 N–H and O–H groups in total. The summed E-state index contributed by atoms with van der Waals surface area (Å²) in [6.45, 7) is 2.45. The Hall–Kier alpha value is -2.12. The van der Waals surface area contributed by atoms with Crippen LogP contribution in [-0.4, -0.2) is 18.7 Å². The molecule has 128 valence electrons. The molecular weight excluding hydrogens is 452 g/mol. The number of halogens is 2. The lowest BCUT2D eigenvalue weighted by atomic mass is 10.2. The van der Waals surface area contributed by atoms with Crippen LogP contribution in [0.3, 0.4) is 0 Å². The normalized spacial score (nSPS) is 11.2. The SMILES string of the molecule is CCOc1ccc(Br)cc1/C=N/NC(=O)c1cc2cc(Br)ccc2o1. The molecule has 1 aromatic heterocycles. The Kier molecular flexibility index (Phi) is 5.55. The first-order valence-electron chi connectivity index (χ1n) is 7.51. The Balaban J connectivity index is 1.75. The molecule has 1 amide bonds. The summed E-state index contributed by atoms with van der Waals surface area (Å²) >= 11 is 6.80. The number of benzene rings is 2. The largest absolute Gasteiger partial charge is 0.493 e. The predicted octanol–water partition coefficient (Wildman–Crippen LogP) is 5.12. The summed E-state index contributed by atoms with van der Waals surface area (Å²) in [5.41, 5.74) is 3.86. The Morgan fingerprint density at radius 1 is 1.20 bits per heavy atom. The Labute approximate surface area is 161 Å². The standard InChI is InChI=1S/C18H14Br2N2O3/c1-2-24-15-5-3-14(20)8-12(15)10-21-22-18(23)17-9-11-7-13(19)4-6-16(11)25-17/h3-10H,2H2,1H3,(H,22,23)/b21-10+. The van der Waals surface area contributed by atoms with Crippen molar-refractivity contribution in [1.29, 1.82) is 0 Å². The Morgan fingerprint density at radius 2 is 1.96 bits per heavy atom. The van der Waals surface area contributed by atoms with Gasteiger partial charge in [-0.25, -0.2) is 5.43 Å². The maximum Gasteiger partial charge on any atom is 0.307 e. The maximum atomic E-state index is 12.2. The molecule has 0 saturated heterocycles. The summed E-state index contributed by atoms with van der Waals surface area (Å²) in [4.78, 5) is 12.2. The van der Waals surface area contributed by atoms with Crippen LogP contribution in [0.1, 0.15) is 23.0 Å². The molecule has 2 aromatic carbocycles. The number of ether oxygens (including phenoxy) is 1. The molecule has 0 radical (unpaired) electrons. The van der Waals surface area contributed by atoms with E-state index in [9.17, 15) is 4.79 Å². The minimum atomic E-state index is -0.420. The lowest BCUT2D eigenvalue weighted by molar-refractivity contribution is 0.0929. The quantitative estimate of drug-likeness (QED) is 0.420. The van der Waals surface area contributed by atoms with Crippen LogP contribution < -0.4 is 10.2 Å². The average molecular weight is 466 g/mol. The van der Waals surface area contributed by atoms with E-state index in [1.54, 1.807) is 12.1 Å². The number of hydrogen-bond acceptors (Lipinski definition) is 4. The van der Waals surface area contributed by atoms with Gasteiger partial charge in [0.25, 0.3) is 0 Å². The topological polar surface area (TPSA) is 63.8 Å². The van der Waals surface area contributed by atoms with E-state index in [0.717, 1.165) is 19.9 Å². The minimum Gasteiger partial charge on any atom is -0.493 e. The van der Waals surface area contributed by atoms with Crippen molar-refractivity contribution in [2.75, 3.05) is 6.61 Å². The number of hydrogen-bond donors (Lipinski definition) is 1. The van der Waals surface area contributed by atoms with Crippen molar-refractivity contribution in [3.05, 3.63) is 62.7 Å². The van der Waals surface area contributed by atoms with Crippen LogP contribution in [0.4, 0.5) is 0 Å². The third-order valence-corrected chi connectivity index (χ3v) is 4.33. The van der Waals surface area contributed by atoms with Crippen molar-refractivity contribution >= 4 is 55.0 Å². The molecule has 0 aliphatic carbocycles. The van der Waals surface area contributed by atoms with Crippen molar-refractivity contribution in [2.45, 2.75) is 6.92 Å². The van der Waals surface area contributed by atoms with E-state index >= 15 is 0 Å². The van der Waals surface area contributed by atoms with Gasteiger partial charge >= 0.3 is 5.91 Å². The summed E-state index contributed by atoms with van der Waals surface area (Å²) in [5.74, 6) is 0.471. The van der Waals surface area contributed by atoms with Crippen molar-refractivity contribution in [2.24, 2.45) is 5.10 Å². The van der Waals surface area contributed by atoms with Gasteiger partial charge in [0, 0.05) is 19.9 Å². The fourth-order valence-electron chi connectivity index (χ4n) is 2.25. The second-order valence-corrected chi connectivity index (χ2v) is 6.94. The van der Waals surface area contributed by atoms with Crippen LogP contribution in [0.15, 0.2) is 60.9 Å². The lowest BCUT2D eigenvalue weighted by Crippen LogP contribution is -2.16. The second kappa shape index (κ2) is 7.84. The van der Waals surface area contributed by atoms with E-state index in [1.807, 2.05) is 37.3 Å². The third kappa shape index (κ3) is 4.29. The molecule has 0 aliphatic rings. The van der Waals surface area contributed by atoms with Gasteiger partial charge in [-0.1, -0.05) is 31.9 Å². The maximum absolute atomic E-state index is 12.2. The number of carbonyl (C=O) groups excluding carboxylic acids is 1. The molecular formula is C18H14Br2N2O3. The van der Waals surface area contributed by atoms with E-state index < -0.39 is 5.91 Å². The molecule has 0 spiro atoms. The molecule has 0 saturated carbocycles. The number of hydrazone groups is 1. The number of amides is 1. The van der Waals surface area contributed by atoms with Crippen molar-refractivity contribution in [3.63, 3.8) is 0 Å². The number of carbonyl (C=O) groups is 1. The molecule has 3 aromatic rings. The first kappa shape index (κ1) is 17.7. The zero-order valence-corrected chi connectivity index (χ0v) is 16.4. The minimum absolute atomic E-state index is 0.199. The molecule has 25 heavy (non-hydrogen) atoms. The third-order valence-electron chi connectivity index (χ3n) is 3.34. The van der Waals surface area contributed by atoms with Crippen LogP contribution in [-0.2, 0) is 0 Å². The summed E-state index contributed by atoms with van der Waals surface area (Å²) in [5, 5.41) is 4.84. The highest BCUT2D eigenvalue weighted by molar-refractivity contribution is 9.10. The molecule has 0 fully saturated rings. The molecule has 1 heterocycles. The monoisotopic (exact) mass is 464 g/mol. The van der Waals surface area contributed by atoms with Crippen LogP contribution >= 0.6 is 31.9 Å². The Morgan fingerprint density at radius 3 is 2.76 bits per heavy atom. The van der Waals surface area contributed by atoms with Gasteiger partial charge in [-0.05, 0) is 49.4 Å². The highest BCUT2D eigenvalue weighted by Gasteiger charge is 2.12. The number of furan rings is 1. The molecule has 5 nitrogen and oxygen atoms in total. The highest BCUT2D eigenvalue weighted by Crippen LogP contribution is 2.24. The number of rotatable bonds is 5. The summed E-state index contributed by atoms with van der Waals surface area (Å²) in [6.07, 6.45) is 1.53. The van der Waals surface area contributed by atoms with E-state index in [2.05, 4.69) is 42.4 Å². The molecule has 3 rings (SSSR count). The summed E-state index contributed by atoms with van der Waals surface area (Å²) < 4.78 is 12.9.